The summed E-state index contributed by atoms with van der Waals surface area (Å²) in [6, 6.07) is 10.7. The summed E-state index contributed by atoms with van der Waals surface area (Å²) >= 11 is 0. The van der Waals surface area contributed by atoms with Crippen LogP contribution in [0.4, 0.5) is 0 Å². The smallest absolute Gasteiger partial charge is 0.0785 e. The Morgan fingerprint density at radius 3 is 2.37 bits per heavy atom. The second-order valence-electron chi connectivity index (χ2n) is 4.79. The van der Waals surface area contributed by atoms with Gasteiger partial charge in [0.05, 0.1) is 24.9 Å². The van der Waals surface area contributed by atoms with E-state index < -0.39 is 0 Å². The normalized spacial score (nSPS) is 16.0. The molecule has 1 aromatic carbocycles. The van der Waals surface area contributed by atoms with Crippen LogP contribution in [0.1, 0.15) is 38.8 Å². The SMILES string of the molecule is CCNC(c1ccccc1)C(CC)OC(C)COC. The molecule has 0 aliphatic carbocycles. The van der Waals surface area contributed by atoms with Gasteiger partial charge in [-0.15, -0.1) is 0 Å². The van der Waals surface area contributed by atoms with E-state index in [1.807, 2.05) is 6.07 Å². The molecule has 0 spiro atoms. The van der Waals surface area contributed by atoms with E-state index in [1.165, 1.54) is 5.56 Å². The first kappa shape index (κ1) is 16.2. The van der Waals surface area contributed by atoms with Gasteiger partial charge in [0.1, 0.15) is 0 Å². The average Bonchev–Trinajstić information content (AvgIpc) is 2.44. The zero-order valence-corrected chi connectivity index (χ0v) is 12.6. The largest absolute Gasteiger partial charge is 0.382 e. The molecule has 3 heteroatoms. The van der Waals surface area contributed by atoms with E-state index >= 15 is 0 Å². The van der Waals surface area contributed by atoms with Crippen molar-refractivity contribution in [3.63, 3.8) is 0 Å². The topological polar surface area (TPSA) is 30.5 Å². The van der Waals surface area contributed by atoms with E-state index in [9.17, 15) is 0 Å². The molecule has 3 nitrogen and oxygen atoms in total. The molecule has 3 unspecified atom stereocenters. The molecule has 0 aliphatic rings. The highest BCUT2D eigenvalue weighted by molar-refractivity contribution is 5.20. The number of rotatable bonds is 9. The first-order valence-electron chi connectivity index (χ1n) is 7.15. The number of hydrogen-bond acceptors (Lipinski definition) is 3. The molecule has 0 amide bonds. The van der Waals surface area contributed by atoms with Crippen LogP contribution in [0.2, 0.25) is 0 Å². The van der Waals surface area contributed by atoms with Crippen molar-refractivity contribution in [1.29, 1.82) is 0 Å². The molecule has 0 aromatic heterocycles. The van der Waals surface area contributed by atoms with Gasteiger partial charge in [-0.2, -0.15) is 0 Å². The molecule has 0 heterocycles. The van der Waals surface area contributed by atoms with Gasteiger partial charge in [-0.1, -0.05) is 44.2 Å². The molecule has 1 aromatic rings. The molecule has 1 rings (SSSR count). The van der Waals surface area contributed by atoms with Crippen LogP contribution >= 0.6 is 0 Å². The maximum Gasteiger partial charge on any atom is 0.0785 e. The molecule has 0 saturated carbocycles. The van der Waals surface area contributed by atoms with Crippen LogP contribution in [-0.2, 0) is 9.47 Å². The Labute approximate surface area is 117 Å². The van der Waals surface area contributed by atoms with Crippen LogP contribution in [0.25, 0.3) is 0 Å². The molecule has 19 heavy (non-hydrogen) atoms. The van der Waals surface area contributed by atoms with Gasteiger partial charge >= 0.3 is 0 Å². The Hall–Kier alpha value is -0.900. The van der Waals surface area contributed by atoms with Crippen molar-refractivity contribution in [2.24, 2.45) is 0 Å². The van der Waals surface area contributed by atoms with Crippen LogP contribution in [0.3, 0.4) is 0 Å². The van der Waals surface area contributed by atoms with E-state index in [4.69, 9.17) is 9.47 Å². The second kappa shape index (κ2) is 9.08. The molecular formula is C16H27NO2. The van der Waals surface area contributed by atoms with Crippen LogP contribution in [0.5, 0.6) is 0 Å². The van der Waals surface area contributed by atoms with E-state index in [0.717, 1.165) is 13.0 Å². The van der Waals surface area contributed by atoms with Gasteiger partial charge in [-0.05, 0) is 25.5 Å². The van der Waals surface area contributed by atoms with Crippen LogP contribution in [-0.4, -0.2) is 32.5 Å². The molecule has 0 bridgehead atoms. The summed E-state index contributed by atoms with van der Waals surface area (Å²) in [5, 5.41) is 3.53. The predicted molar refractivity (Wildman–Crippen MR) is 79.4 cm³/mol. The van der Waals surface area contributed by atoms with E-state index in [0.29, 0.717) is 6.61 Å². The summed E-state index contributed by atoms with van der Waals surface area (Å²) in [7, 11) is 1.71. The van der Waals surface area contributed by atoms with Gasteiger partial charge in [0.25, 0.3) is 0 Å². The highest BCUT2D eigenvalue weighted by Gasteiger charge is 2.23. The Kier molecular flexibility index (Phi) is 7.72. The van der Waals surface area contributed by atoms with Crippen molar-refractivity contribution in [3.05, 3.63) is 35.9 Å². The maximum absolute atomic E-state index is 6.12. The third-order valence-corrected chi connectivity index (χ3v) is 3.17. The van der Waals surface area contributed by atoms with Crippen molar-refractivity contribution in [1.82, 2.24) is 5.32 Å². The van der Waals surface area contributed by atoms with Crippen molar-refractivity contribution in [2.75, 3.05) is 20.3 Å². The minimum absolute atomic E-state index is 0.111. The number of hydrogen-bond donors (Lipinski definition) is 1. The Morgan fingerprint density at radius 2 is 1.84 bits per heavy atom. The van der Waals surface area contributed by atoms with E-state index in [1.54, 1.807) is 7.11 Å². The van der Waals surface area contributed by atoms with Gasteiger partial charge in [-0.3, -0.25) is 0 Å². The number of benzene rings is 1. The van der Waals surface area contributed by atoms with Gasteiger partial charge < -0.3 is 14.8 Å². The average molecular weight is 265 g/mol. The number of nitrogens with one attached hydrogen (secondary N) is 1. The number of methoxy groups -OCH3 is 1. The number of likely N-dealkylation sites (N-methyl/N-ethyl adjacent to an activating group) is 1. The lowest BCUT2D eigenvalue weighted by Crippen LogP contribution is -2.36. The number of ether oxygens (including phenoxy) is 2. The van der Waals surface area contributed by atoms with Crippen molar-refractivity contribution >= 4 is 0 Å². The van der Waals surface area contributed by atoms with Crippen molar-refractivity contribution in [2.45, 2.75) is 45.4 Å². The second-order valence-corrected chi connectivity index (χ2v) is 4.79. The predicted octanol–water partition coefficient (Wildman–Crippen LogP) is 3.17. The lowest BCUT2D eigenvalue weighted by molar-refractivity contribution is -0.0551. The molecular weight excluding hydrogens is 238 g/mol. The fraction of sp³-hybridized carbons (Fsp3) is 0.625. The van der Waals surface area contributed by atoms with Gasteiger partial charge in [0.15, 0.2) is 0 Å². The lowest BCUT2D eigenvalue weighted by Gasteiger charge is -2.30. The summed E-state index contributed by atoms with van der Waals surface area (Å²) in [6.07, 6.45) is 1.24. The van der Waals surface area contributed by atoms with Crippen molar-refractivity contribution < 1.29 is 9.47 Å². The van der Waals surface area contributed by atoms with E-state index in [2.05, 4.69) is 50.4 Å². The van der Waals surface area contributed by atoms with Crippen LogP contribution < -0.4 is 5.32 Å². The standard InChI is InChI=1S/C16H27NO2/c1-5-15(19-13(3)12-18-4)16(17-6-2)14-10-8-7-9-11-14/h7-11,13,15-17H,5-6,12H2,1-4H3. The third kappa shape index (κ3) is 5.31. The minimum Gasteiger partial charge on any atom is -0.382 e. The van der Waals surface area contributed by atoms with Crippen LogP contribution in [0.15, 0.2) is 30.3 Å². The zero-order valence-electron chi connectivity index (χ0n) is 12.6. The van der Waals surface area contributed by atoms with E-state index in [-0.39, 0.29) is 18.2 Å². The van der Waals surface area contributed by atoms with Gasteiger partial charge in [0, 0.05) is 7.11 Å². The Morgan fingerprint density at radius 1 is 1.16 bits per heavy atom. The zero-order chi connectivity index (χ0) is 14.1. The summed E-state index contributed by atoms with van der Waals surface area (Å²) in [6.45, 7) is 7.90. The third-order valence-electron chi connectivity index (χ3n) is 3.17. The highest BCUT2D eigenvalue weighted by Crippen LogP contribution is 2.22. The summed E-state index contributed by atoms with van der Waals surface area (Å²) in [5.74, 6) is 0. The van der Waals surface area contributed by atoms with Gasteiger partial charge in [-0.25, -0.2) is 0 Å². The first-order valence-corrected chi connectivity index (χ1v) is 7.15. The van der Waals surface area contributed by atoms with Gasteiger partial charge in [0.2, 0.25) is 0 Å². The molecule has 3 atom stereocenters. The quantitative estimate of drug-likeness (QED) is 0.744. The van der Waals surface area contributed by atoms with Crippen LogP contribution in [0, 0.1) is 0 Å². The molecule has 0 radical (unpaired) electrons. The lowest BCUT2D eigenvalue weighted by atomic mass is 9.99. The summed E-state index contributed by atoms with van der Waals surface area (Å²) in [5.41, 5.74) is 1.28. The van der Waals surface area contributed by atoms with Crippen molar-refractivity contribution in [3.8, 4) is 0 Å². The fourth-order valence-electron chi connectivity index (χ4n) is 2.33. The Balaban J connectivity index is 2.77. The molecule has 1 N–H and O–H groups in total. The monoisotopic (exact) mass is 265 g/mol. The molecule has 0 aliphatic heterocycles. The molecule has 0 fully saturated rings. The molecule has 108 valence electrons. The summed E-state index contributed by atoms with van der Waals surface area (Å²) < 4.78 is 11.3. The fourth-order valence-corrected chi connectivity index (χ4v) is 2.33. The Bertz CT molecular complexity index is 329. The summed E-state index contributed by atoms with van der Waals surface area (Å²) in [4.78, 5) is 0. The highest BCUT2D eigenvalue weighted by atomic mass is 16.5. The minimum atomic E-state index is 0.111. The molecule has 0 saturated heterocycles. The maximum atomic E-state index is 6.12. The first-order chi connectivity index (χ1) is 9.22.